The standard InChI is InChI=1S/C24H31FN2O3/c1-7-10-20-19(9-3)21(24(29)27-18(8-2)13-17(6)25)11-12-22(20)30-15-23(28)26-14-16(4)5/h7-13,16H,1,14-15H2,2-6H3,(H,26,28)(H,27,29)/b17-13+,18-8+,19-9+,20-10+. The van der Waals surface area contributed by atoms with E-state index in [-0.39, 0.29) is 18.4 Å². The smallest absolute Gasteiger partial charge is 0.257 e. The van der Waals surface area contributed by atoms with Crippen molar-refractivity contribution in [3.05, 3.63) is 64.5 Å². The van der Waals surface area contributed by atoms with Crippen LogP contribution >= 0.6 is 0 Å². The molecule has 0 aliphatic heterocycles. The molecule has 2 amide bonds. The molecule has 0 aliphatic carbocycles. The van der Waals surface area contributed by atoms with Gasteiger partial charge in [0.05, 0.1) is 5.83 Å². The summed E-state index contributed by atoms with van der Waals surface area (Å²) in [4.78, 5) is 24.8. The number of carbonyl (C=O) groups is 2. The number of rotatable bonds is 9. The quantitative estimate of drug-likeness (QED) is 0.610. The average Bonchev–Trinajstić information content (AvgIpc) is 2.69. The normalized spacial score (nSPS) is 13.4. The summed E-state index contributed by atoms with van der Waals surface area (Å²) in [6.07, 6.45) is 7.94. The molecule has 0 fully saturated rings. The van der Waals surface area contributed by atoms with E-state index < -0.39 is 5.83 Å². The average molecular weight is 415 g/mol. The van der Waals surface area contributed by atoms with Crippen molar-refractivity contribution in [3.8, 4) is 5.75 Å². The first-order valence-corrected chi connectivity index (χ1v) is 9.86. The molecule has 0 aromatic heterocycles. The molecule has 5 nitrogen and oxygen atoms in total. The number of hydrogen-bond donors (Lipinski definition) is 2. The lowest BCUT2D eigenvalue weighted by Gasteiger charge is -2.12. The van der Waals surface area contributed by atoms with Crippen LogP contribution in [0.3, 0.4) is 0 Å². The third kappa shape index (κ3) is 7.70. The van der Waals surface area contributed by atoms with E-state index in [0.717, 1.165) is 0 Å². The van der Waals surface area contributed by atoms with Crippen molar-refractivity contribution in [2.45, 2.75) is 34.6 Å². The highest BCUT2D eigenvalue weighted by Gasteiger charge is 2.12. The summed E-state index contributed by atoms with van der Waals surface area (Å²) in [5, 5.41) is 6.76. The first kappa shape index (κ1) is 24.9. The maximum absolute atomic E-state index is 13.2. The van der Waals surface area contributed by atoms with Gasteiger partial charge in [-0.05, 0) is 50.1 Å². The lowest BCUT2D eigenvalue weighted by molar-refractivity contribution is -0.123. The van der Waals surface area contributed by atoms with Gasteiger partial charge in [-0.3, -0.25) is 9.59 Å². The number of ether oxygens (including phenoxy) is 1. The molecule has 0 unspecified atom stereocenters. The summed E-state index contributed by atoms with van der Waals surface area (Å²) in [7, 11) is 0. The highest BCUT2D eigenvalue weighted by molar-refractivity contribution is 5.96. The lowest BCUT2D eigenvalue weighted by Crippen LogP contribution is -2.37. The second-order valence-corrected chi connectivity index (χ2v) is 7.05. The molecule has 0 spiro atoms. The van der Waals surface area contributed by atoms with Crippen LogP contribution in [-0.2, 0) is 4.79 Å². The highest BCUT2D eigenvalue weighted by Crippen LogP contribution is 2.06. The number of allylic oxidation sites excluding steroid dienone is 4. The van der Waals surface area contributed by atoms with Crippen molar-refractivity contribution >= 4 is 24.0 Å². The molecule has 1 rings (SSSR count). The molecule has 0 heterocycles. The topological polar surface area (TPSA) is 67.4 Å². The van der Waals surface area contributed by atoms with E-state index in [9.17, 15) is 14.0 Å². The van der Waals surface area contributed by atoms with Gasteiger partial charge in [0.15, 0.2) is 6.61 Å². The third-order valence-electron chi connectivity index (χ3n) is 4.05. The summed E-state index contributed by atoms with van der Waals surface area (Å²) < 4.78 is 18.9. The summed E-state index contributed by atoms with van der Waals surface area (Å²) in [5.74, 6) is -0.205. The second-order valence-electron chi connectivity index (χ2n) is 7.05. The van der Waals surface area contributed by atoms with Crippen molar-refractivity contribution in [1.82, 2.24) is 10.6 Å². The Morgan fingerprint density at radius 1 is 1.23 bits per heavy atom. The molecule has 30 heavy (non-hydrogen) atoms. The number of benzene rings is 1. The first-order chi connectivity index (χ1) is 14.2. The molecule has 0 atom stereocenters. The molecule has 6 heteroatoms. The molecule has 2 N–H and O–H groups in total. The zero-order valence-electron chi connectivity index (χ0n) is 18.3. The van der Waals surface area contributed by atoms with Crippen LogP contribution in [0.25, 0.3) is 12.2 Å². The van der Waals surface area contributed by atoms with Crippen LogP contribution in [0.5, 0.6) is 5.75 Å². The molecule has 1 aromatic carbocycles. The van der Waals surface area contributed by atoms with Crippen molar-refractivity contribution in [2.75, 3.05) is 13.2 Å². The van der Waals surface area contributed by atoms with Gasteiger partial charge in [-0.25, -0.2) is 4.39 Å². The fourth-order valence-corrected chi connectivity index (χ4v) is 2.66. The van der Waals surface area contributed by atoms with E-state index in [1.807, 2.05) is 13.8 Å². The Balaban J connectivity index is 3.23. The maximum atomic E-state index is 13.2. The summed E-state index contributed by atoms with van der Waals surface area (Å²) >= 11 is 0. The molecule has 0 aliphatic rings. The van der Waals surface area contributed by atoms with Gasteiger partial charge in [-0.1, -0.05) is 44.7 Å². The van der Waals surface area contributed by atoms with E-state index in [4.69, 9.17) is 4.74 Å². The maximum Gasteiger partial charge on any atom is 0.257 e. The van der Waals surface area contributed by atoms with Gasteiger partial charge in [-0.2, -0.15) is 0 Å². The lowest BCUT2D eigenvalue weighted by atomic mass is 10.1. The van der Waals surface area contributed by atoms with E-state index in [1.54, 1.807) is 50.3 Å². The van der Waals surface area contributed by atoms with E-state index in [1.165, 1.54) is 13.0 Å². The fraction of sp³-hybridized carbons (Fsp3) is 0.333. The Bertz CT molecular complexity index is 955. The van der Waals surface area contributed by atoms with Crippen LogP contribution in [0.1, 0.15) is 45.0 Å². The van der Waals surface area contributed by atoms with Crippen molar-refractivity contribution in [1.29, 1.82) is 0 Å². The summed E-state index contributed by atoms with van der Waals surface area (Å²) in [6, 6.07) is 3.25. The minimum atomic E-state index is -0.411. The Labute approximate surface area is 177 Å². The van der Waals surface area contributed by atoms with Crippen molar-refractivity contribution in [2.24, 2.45) is 5.92 Å². The van der Waals surface area contributed by atoms with Gasteiger partial charge in [-0.15, -0.1) is 0 Å². The Kier molecular flexibility index (Phi) is 10.3. The molecule has 0 saturated carbocycles. The largest absolute Gasteiger partial charge is 0.483 e. The van der Waals surface area contributed by atoms with E-state index in [0.29, 0.717) is 39.9 Å². The minimum Gasteiger partial charge on any atom is -0.483 e. The van der Waals surface area contributed by atoms with E-state index >= 15 is 0 Å². The van der Waals surface area contributed by atoms with Gasteiger partial charge >= 0.3 is 0 Å². The Morgan fingerprint density at radius 2 is 1.93 bits per heavy atom. The molecule has 0 radical (unpaired) electrons. The molecule has 0 bridgehead atoms. The fourth-order valence-electron chi connectivity index (χ4n) is 2.66. The second kappa shape index (κ2) is 12.4. The van der Waals surface area contributed by atoms with Gasteiger partial charge in [0.2, 0.25) is 0 Å². The number of carbonyl (C=O) groups excluding carboxylic acids is 2. The van der Waals surface area contributed by atoms with Crippen LogP contribution in [-0.4, -0.2) is 25.0 Å². The van der Waals surface area contributed by atoms with E-state index in [2.05, 4.69) is 17.2 Å². The predicted molar refractivity (Wildman–Crippen MR) is 120 cm³/mol. The van der Waals surface area contributed by atoms with Crippen LogP contribution in [0.4, 0.5) is 4.39 Å². The minimum absolute atomic E-state index is 0.136. The van der Waals surface area contributed by atoms with Gasteiger partial charge in [0.1, 0.15) is 5.75 Å². The van der Waals surface area contributed by atoms with Crippen molar-refractivity contribution in [3.63, 3.8) is 0 Å². The van der Waals surface area contributed by atoms with Crippen molar-refractivity contribution < 1.29 is 18.7 Å². The Hall–Kier alpha value is -3.15. The summed E-state index contributed by atoms with van der Waals surface area (Å²) in [5.41, 5.74) is 0.755. The van der Waals surface area contributed by atoms with Crippen LogP contribution in [0, 0.1) is 5.92 Å². The molecule has 0 saturated heterocycles. The molecular formula is C24H31FN2O3. The molecule has 162 valence electrons. The van der Waals surface area contributed by atoms with Crippen LogP contribution < -0.4 is 25.8 Å². The number of nitrogens with one attached hydrogen (secondary N) is 2. The number of hydrogen-bond acceptors (Lipinski definition) is 3. The van der Waals surface area contributed by atoms with Crippen LogP contribution in [0.15, 0.2) is 48.5 Å². The highest BCUT2D eigenvalue weighted by atomic mass is 19.1. The van der Waals surface area contributed by atoms with Gasteiger partial charge < -0.3 is 15.4 Å². The zero-order chi connectivity index (χ0) is 22.7. The predicted octanol–water partition coefficient (Wildman–Crippen LogP) is 3.11. The van der Waals surface area contributed by atoms with Crippen LogP contribution in [0.2, 0.25) is 0 Å². The monoisotopic (exact) mass is 414 g/mol. The number of halogens is 1. The van der Waals surface area contributed by atoms with Gasteiger partial charge in [0, 0.05) is 23.0 Å². The zero-order valence-corrected chi connectivity index (χ0v) is 18.3. The molecule has 1 aromatic rings. The molecular weight excluding hydrogens is 383 g/mol. The number of amides is 2. The SMILES string of the molecule is C=C/C=c1/c(OCC(=O)NCC(C)C)ccc(C(=O)NC(/C=C(\C)F)=C/C)/c1=C/C. The first-order valence-electron chi connectivity index (χ1n) is 9.86. The van der Waals surface area contributed by atoms with Gasteiger partial charge in [0.25, 0.3) is 11.8 Å². The summed E-state index contributed by atoms with van der Waals surface area (Å²) in [6.45, 7) is 13.0. The Morgan fingerprint density at radius 3 is 2.47 bits per heavy atom. The third-order valence-corrected chi connectivity index (χ3v) is 4.05.